The van der Waals surface area contributed by atoms with Gasteiger partial charge >= 0.3 is 6.18 Å². The predicted molar refractivity (Wildman–Crippen MR) is 106 cm³/mol. The van der Waals surface area contributed by atoms with Crippen molar-refractivity contribution >= 4 is 5.95 Å². The summed E-state index contributed by atoms with van der Waals surface area (Å²) >= 11 is 0. The highest BCUT2D eigenvalue weighted by molar-refractivity contribution is 5.35. The van der Waals surface area contributed by atoms with Gasteiger partial charge in [0, 0.05) is 38.3 Å². The Bertz CT molecular complexity index is 948. The van der Waals surface area contributed by atoms with Crippen LogP contribution >= 0.6 is 0 Å². The lowest BCUT2D eigenvalue weighted by Crippen LogP contribution is -2.47. The molecule has 1 fully saturated rings. The molecule has 2 aliphatic rings. The summed E-state index contributed by atoms with van der Waals surface area (Å²) in [6, 6.07) is 5.22. The third kappa shape index (κ3) is 4.52. The van der Waals surface area contributed by atoms with Crippen molar-refractivity contribution in [3.8, 4) is 0 Å². The molecule has 0 spiro atoms. The smallest absolute Gasteiger partial charge is 0.372 e. The number of rotatable bonds is 3. The Labute approximate surface area is 172 Å². The molecule has 30 heavy (non-hydrogen) atoms. The van der Waals surface area contributed by atoms with Crippen LogP contribution in [-0.4, -0.2) is 46.7 Å². The summed E-state index contributed by atoms with van der Waals surface area (Å²) < 4.78 is 44.0. The second-order valence-corrected chi connectivity index (χ2v) is 8.13. The minimum absolute atomic E-state index is 0.0475. The highest BCUT2D eigenvalue weighted by Crippen LogP contribution is 2.29. The summed E-state index contributed by atoms with van der Waals surface area (Å²) in [6.45, 7) is 6.94. The van der Waals surface area contributed by atoms with Crippen LogP contribution in [0.4, 0.5) is 19.1 Å². The zero-order chi connectivity index (χ0) is 21.5. The van der Waals surface area contributed by atoms with Crippen LogP contribution in [0, 0.1) is 0 Å². The number of aromatic nitrogens is 2. The molecule has 1 aromatic carbocycles. The second kappa shape index (κ2) is 8.03. The van der Waals surface area contributed by atoms with E-state index in [9.17, 15) is 18.0 Å². The van der Waals surface area contributed by atoms with E-state index < -0.39 is 11.7 Å². The normalized spacial score (nSPS) is 22.8. The number of halogens is 3. The van der Waals surface area contributed by atoms with Gasteiger partial charge in [0.15, 0.2) is 0 Å². The van der Waals surface area contributed by atoms with Gasteiger partial charge in [-0.25, -0.2) is 4.98 Å². The fourth-order valence-electron chi connectivity index (χ4n) is 4.17. The molecule has 2 unspecified atom stereocenters. The molecule has 1 saturated heterocycles. The van der Waals surface area contributed by atoms with E-state index in [1.807, 2.05) is 18.7 Å². The van der Waals surface area contributed by atoms with Crippen LogP contribution in [0.25, 0.3) is 0 Å². The van der Waals surface area contributed by atoms with Crippen LogP contribution in [0.3, 0.4) is 0 Å². The maximum absolute atomic E-state index is 12.8. The number of hydrogen-bond acceptors (Lipinski definition) is 5. The Morgan fingerprint density at radius 2 is 1.83 bits per heavy atom. The summed E-state index contributed by atoms with van der Waals surface area (Å²) in [4.78, 5) is 24.4. The molecule has 4 rings (SSSR count). The van der Waals surface area contributed by atoms with Crippen molar-refractivity contribution in [2.45, 2.75) is 51.7 Å². The van der Waals surface area contributed by atoms with Gasteiger partial charge < -0.3 is 9.64 Å². The van der Waals surface area contributed by atoms with Crippen molar-refractivity contribution < 1.29 is 17.9 Å². The number of alkyl halides is 3. The van der Waals surface area contributed by atoms with Gasteiger partial charge in [-0.2, -0.15) is 13.2 Å². The Balaban J connectivity index is 1.50. The summed E-state index contributed by atoms with van der Waals surface area (Å²) in [6.07, 6.45) is -3.68. The number of hydrogen-bond donors (Lipinski definition) is 1. The molecule has 3 heterocycles. The van der Waals surface area contributed by atoms with Gasteiger partial charge in [0.25, 0.3) is 5.56 Å². The number of fused-ring (bicyclic) bond motifs is 1. The molecular formula is C21H25F3N4O2. The van der Waals surface area contributed by atoms with Crippen molar-refractivity contribution in [3.05, 3.63) is 57.0 Å². The first-order valence-corrected chi connectivity index (χ1v) is 10.1. The molecule has 2 aliphatic heterocycles. The molecule has 1 N–H and O–H groups in total. The summed E-state index contributed by atoms with van der Waals surface area (Å²) in [5.41, 5.74) is 1.46. The molecule has 0 aliphatic carbocycles. The van der Waals surface area contributed by atoms with Crippen LogP contribution in [0.15, 0.2) is 29.1 Å². The Hall–Kier alpha value is -2.39. The van der Waals surface area contributed by atoms with Gasteiger partial charge in [-0.1, -0.05) is 12.1 Å². The zero-order valence-corrected chi connectivity index (χ0v) is 17.0. The molecular weight excluding hydrogens is 397 g/mol. The third-order valence-corrected chi connectivity index (χ3v) is 5.55. The maximum atomic E-state index is 12.8. The largest absolute Gasteiger partial charge is 0.416 e. The van der Waals surface area contributed by atoms with E-state index in [-0.39, 0.29) is 17.8 Å². The highest BCUT2D eigenvalue weighted by atomic mass is 19.4. The first-order valence-electron chi connectivity index (χ1n) is 10.1. The molecule has 2 atom stereocenters. The van der Waals surface area contributed by atoms with E-state index >= 15 is 0 Å². The maximum Gasteiger partial charge on any atom is 0.416 e. The van der Waals surface area contributed by atoms with Crippen LogP contribution < -0.4 is 10.5 Å². The quantitative estimate of drug-likeness (QED) is 0.824. The number of morpholine rings is 1. The van der Waals surface area contributed by atoms with Gasteiger partial charge in [0.2, 0.25) is 5.95 Å². The average molecular weight is 422 g/mol. The molecule has 9 heteroatoms. The van der Waals surface area contributed by atoms with E-state index in [1.54, 1.807) is 0 Å². The zero-order valence-electron chi connectivity index (χ0n) is 17.0. The van der Waals surface area contributed by atoms with Crippen LogP contribution in [-0.2, 0) is 30.4 Å². The molecule has 6 nitrogen and oxygen atoms in total. The average Bonchev–Trinajstić information content (AvgIpc) is 2.66. The highest BCUT2D eigenvalue weighted by Gasteiger charge is 2.30. The number of aromatic amines is 1. The van der Waals surface area contributed by atoms with Crippen LogP contribution in [0.1, 0.15) is 36.2 Å². The van der Waals surface area contributed by atoms with Crippen LogP contribution in [0.5, 0.6) is 0 Å². The van der Waals surface area contributed by atoms with Gasteiger partial charge in [0.1, 0.15) is 0 Å². The predicted octanol–water partition coefficient (Wildman–Crippen LogP) is 2.96. The standard InChI is InChI=1S/C21H25F3N4O2/c1-13-9-28(10-14(2)30-13)20-25-18-12-27(8-7-17(18)19(29)26-20)11-15-3-5-16(6-4-15)21(22,23)24/h3-6,13-14H,7-12H2,1-2H3,(H,25,26,29). The van der Waals surface area contributed by atoms with Gasteiger partial charge in [-0.05, 0) is 38.0 Å². The monoisotopic (exact) mass is 422 g/mol. The molecule has 0 bridgehead atoms. The number of ether oxygens (including phenoxy) is 1. The number of H-pyrrole nitrogens is 1. The first-order chi connectivity index (χ1) is 14.2. The fourth-order valence-corrected chi connectivity index (χ4v) is 4.17. The topological polar surface area (TPSA) is 61.5 Å². The van der Waals surface area contributed by atoms with E-state index in [1.165, 1.54) is 12.1 Å². The van der Waals surface area contributed by atoms with Crippen molar-refractivity contribution in [1.29, 1.82) is 0 Å². The van der Waals surface area contributed by atoms with E-state index in [2.05, 4.69) is 9.88 Å². The van der Waals surface area contributed by atoms with E-state index in [4.69, 9.17) is 9.72 Å². The minimum atomic E-state index is -4.33. The molecule has 0 radical (unpaired) electrons. The molecule has 1 aromatic heterocycles. The molecule has 0 amide bonds. The van der Waals surface area contributed by atoms with Gasteiger partial charge in [0.05, 0.1) is 23.5 Å². The summed E-state index contributed by atoms with van der Waals surface area (Å²) in [5.74, 6) is 0.553. The Morgan fingerprint density at radius 1 is 1.17 bits per heavy atom. The second-order valence-electron chi connectivity index (χ2n) is 8.13. The molecule has 2 aromatic rings. The van der Waals surface area contributed by atoms with Crippen molar-refractivity contribution in [3.63, 3.8) is 0 Å². The van der Waals surface area contributed by atoms with Gasteiger partial charge in [-0.3, -0.25) is 14.7 Å². The first kappa shape index (κ1) is 20.9. The van der Waals surface area contributed by atoms with Crippen molar-refractivity contribution in [2.24, 2.45) is 0 Å². The summed E-state index contributed by atoms with van der Waals surface area (Å²) in [5, 5.41) is 0. The lowest BCUT2D eigenvalue weighted by atomic mass is 10.0. The number of nitrogens with one attached hydrogen (secondary N) is 1. The molecule has 0 saturated carbocycles. The van der Waals surface area contributed by atoms with Crippen molar-refractivity contribution in [2.75, 3.05) is 24.5 Å². The SMILES string of the molecule is CC1CN(c2nc3c(c(=O)[nH]2)CCN(Cc2ccc(C(F)(F)F)cc2)C3)CC(C)O1. The lowest BCUT2D eigenvalue weighted by molar-refractivity contribution is -0.137. The van der Waals surface area contributed by atoms with E-state index in [0.29, 0.717) is 50.7 Å². The minimum Gasteiger partial charge on any atom is -0.372 e. The van der Waals surface area contributed by atoms with Gasteiger partial charge in [-0.15, -0.1) is 0 Å². The Morgan fingerprint density at radius 3 is 2.47 bits per heavy atom. The number of anilines is 1. The van der Waals surface area contributed by atoms with E-state index in [0.717, 1.165) is 23.4 Å². The molecule has 162 valence electrons. The third-order valence-electron chi connectivity index (χ3n) is 5.55. The Kier molecular flexibility index (Phi) is 5.59. The summed E-state index contributed by atoms with van der Waals surface area (Å²) in [7, 11) is 0. The number of benzene rings is 1. The fraction of sp³-hybridized carbons (Fsp3) is 0.524. The lowest BCUT2D eigenvalue weighted by Gasteiger charge is -2.36. The van der Waals surface area contributed by atoms with Crippen LogP contribution in [0.2, 0.25) is 0 Å². The number of nitrogens with zero attached hydrogens (tertiary/aromatic N) is 3. The van der Waals surface area contributed by atoms with Crippen molar-refractivity contribution in [1.82, 2.24) is 14.9 Å².